The maximum atomic E-state index is 4.45. The lowest BCUT2D eigenvalue weighted by atomic mass is 10.0. The van der Waals surface area contributed by atoms with E-state index in [0.29, 0.717) is 6.04 Å². The number of aryl methyl sites for hydroxylation is 1. The van der Waals surface area contributed by atoms with Crippen LogP contribution in [0.1, 0.15) is 23.6 Å². The molecule has 1 unspecified atom stereocenters. The zero-order chi connectivity index (χ0) is 11.5. The molecule has 0 radical (unpaired) electrons. The quantitative estimate of drug-likeness (QED) is 0.824. The van der Waals surface area contributed by atoms with E-state index in [4.69, 9.17) is 0 Å². The molecule has 1 aliphatic rings. The van der Waals surface area contributed by atoms with Crippen molar-refractivity contribution in [3.05, 3.63) is 29.3 Å². The largest absolute Gasteiger partial charge is 0.302 e. The zero-order valence-corrected chi connectivity index (χ0v) is 11.7. The molecule has 1 atom stereocenters. The first-order chi connectivity index (χ1) is 7.72. The van der Waals surface area contributed by atoms with Crippen molar-refractivity contribution in [1.29, 1.82) is 0 Å². The number of nitrogens with zero attached hydrogens (tertiary/aromatic N) is 1. The molecule has 3 heteroatoms. The van der Waals surface area contributed by atoms with Gasteiger partial charge in [-0.25, -0.2) is 0 Å². The smallest absolute Gasteiger partial charge is 0.0430 e. The van der Waals surface area contributed by atoms with Gasteiger partial charge in [-0.1, -0.05) is 12.1 Å². The van der Waals surface area contributed by atoms with E-state index in [1.165, 1.54) is 34.6 Å². The molecule has 1 aliphatic heterocycles. The van der Waals surface area contributed by atoms with Crippen LogP contribution in [-0.4, -0.2) is 30.5 Å². The maximum Gasteiger partial charge on any atom is 0.0430 e. The van der Waals surface area contributed by atoms with Crippen LogP contribution in [0.4, 0.5) is 0 Å². The average Bonchev–Trinajstić information content (AvgIpc) is 2.29. The van der Waals surface area contributed by atoms with Gasteiger partial charge in [0.05, 0.1) is 0 Å². The monoisotopic (exact) mass is 253 g/mol. The topological polar surface area (TPSA) is 3.24 Å². The van der Waals surface area contributed by atoms with Crippen molar-refractivity contribution in [2.75, 3.05) is 25.6 Å². The second kappa shape index (κ2) is 5.48. The summed E-state index contributed by atoms with van der Waals surface area (Å²) in [5.74, 6) is 2.15. The molecule has 1 nitrogen and oxygen atoms in total. The fraction of sp³-hybridized carbons (Fsp3) is 0.538. The molecule has 0 bridgehead atoms. The normalized spacial score (nSPS) is 17.2. The summed E-state index contributed by atoms with van der Waals surface area (Å²) in [6.45, 7) is 0. The Morgan fingerprint density at radius 2 is 2.25 bits per heavy atom. The minimum atomic E-state index is 0.431. The van der Waals surface area contributed by atoms with Crippen LogP contribution in [0, 0.1) is 0 Å². The maximum absolute atomic E-state index is 4.45. The lowest BCUT2D eigenvalue weighted by molar-refractivity contribution is 0.326. The van der Waals surface area contributed by atoms with Gasteiger partial charge in [-0.05, 0) is 49.9 Å². The zero-order valence-electron chi connectivity index (χ0n) is 9.94. The highest BCUT2D eigenvalue weighted by molar-refractivity contribution is 7.99. The molecular formula is C13H19NS2. The van der Waals surface area contributed by atoms with Crippen molar-refractivity contribution in [3.63, 3.8) is 0 Å². The molecule has 0 amide bonds. The average molecular weight is 253 g/mol. The third-order valence-electron chi connectivity index (χ3n) is 3.11. The Morgan fingerprint density at radius 3 is 2.94 bits per heavy atom. The third-order valence-corrected chi connectivity index (χ3v) is 4.66. The van der Waals surface area contributed by atoms with Crippen LogP contribution >= 0.6 is 24.4 Å². The van der Waals surface area contributed by atoms with E-state index < -0.39 is 0 Å². The molecule has 1 heterocycles. The Balaban J connectivity index is 2.28. The van der Waals surface area contributed by atoms with E-state index in [1.807, 2.05) is 11.8 Å². The second-order valence-electron chi connectivity index (χ2n) is 4.48. The highest BCUT2D eigenvalue weighted by Gasteiger charge is 2.15. The van der Waals surface area contributed by atoms with Gasteiger partial charge in [0, 0.05) is 16.7 Å². The fourth-order valence-corrected chi connectivity index (χ4v) is 3.71. The highest BCUT2D eigenvalue weighted by Crippen LogP contribution is 2.32. The lowest BCUT2D eigenvalue weighted by Gasteiger charge is -2.25. The first-order valence-electron chi connectivity index (χ1n) is 5.75. The van der Waals surface area contributed by atoms with E-state index in [1.54, 1.807) is 0 Å². The van der Waals surface area contributed by atoms with Gasteiger partial charge in [0.25, 0.3) is 0 Å². The summed E-state index contributed by atoms with van der Waals surface area (Å²) >= 11 is 6.44. The molecule has 1 aromatic carbocycles. The molecule has 0 saturated carbocycles. The predicted molar refractivity (Wildman–Crippen MR) is 75.8 cm³/mol. The van der Waals surface area contributed by atoms with Crippen LogP contribution in [0.3, 0.4) is 0 Å². The Labute approximate surface area is 108 Å². The van der Waals surface area contributed by atoms with Crippen LogP contribution in [-0.2, 0) is 6.42 Å². The van der Waals surface area contributed by atoms with Crippen molar-refractivity contribution in [2.45, 2.75) is 23.8 Å². The Bertz CT molecular complexity index is 363. The SMILES string of the molecule is CN(C)C(CS)c1ccc2c(c1)CCCS2. The molecule has 0 saturated heterocycles. The Kier molecular flexibility index (Phi) is 4.22. The lowest BCUT2D eigenvalue weighted by Crippen LogP contribution is -2.21. The third kappa shape index (κ3) is 2.58. The molecule has 0 aromatic heterocycles. The highest BCUT2D eigenvalue weighted by atomic mass is 32.2. The second-order valence-corrected chi connectivity index (χ2v) is 5.98. The molecule has 0 spiro atoms. The summed E-state index contributed by atoms with van der Waals surface area (Å²) < 4.78 is 0. The number of rotatable bonds is 3. The van der Waals surface area contributed by atoms with Crippen LogP contribution in [0.5, 0.6) is 0 Å². The molecule has 16 heavy (non-hydrogen) atoms. The summed E-state index contributed by atoms with van der Waals surface area (Å²) in [6.07, 6.45) is 2.55. The van der Waals surface area contributed by atoms with Gasteiger partial charge in [0.15, 0.2) is 0 Å². The number of fused-ring (bicyclic) bond motifs is 1. The Morgan fingerprint density at radius 1 is 1.44 bits per heavy atom. The number of thioether (sulfide) groups is 1. The van der Waals surface area contributed by atoms with Crippen molar-refractivity contribution >= 4 is 24.4 Å². The van der Waals surface area contributed by atoms with Gasteiger partial charge in [-0.15, -0.1) is 11.8 Å². The first-order valence-corrected chi connectivity index (χ1v) is 7.37. The van der Waals surface area contributed by atoms with Gasteiger partial charge in [0.2, 0.25) is 0 Å². The van der Waals surface area contributed by atoms with E-state index in [-0.39, 0.29) is 0 Å². The fourth-order valence-electron chi connectivity index (χ4n) is 2.15. The number of hydrogen-bond donors (Lipinski definition) is 1. The van der Waals surface area contributed by atoms with Gasteiger partial charge in [-0.3, -0.25) is 0 Å². The first kappa shape index (κ1) is 12.3. The van der Waals surface area contributed by atoms with Crippen molar-refractivity contribution in [1.82, 2.24) is 4.90 Å². The summed E-state index contributed by atoms with van der Waals surface area (Å²) in [5.41, 5.74) is 2.93. The van der Waals surface area contributed by atoms with Gasteiger partial charge in [0.1, 0.15) is 0 Å². The summed E-state index contributed by atoms with van der Waals surface area (Å²) in [7, 11) is 4.24. The summed E-state index contributed by atoms with van der Waals surface area (Å²) in [4.78, 5) is 3.72. The minimum absolute atomic E-state index is 0.431. The van der Waals surface area contributed by atoms with E-state index >= 15 is 0 Å². The van der Waals surface area contributed by atoms with Crippen LogP contribution in [0.15, 0.2) is 23.1 Å². The molecule has 1 aromatic rings. The predicted octanol–water partition coefficient (Wildman–Crippen LogP) is 3.26. The van der Waals surface area contributed by atoms with Crippen molar-refractivity contribution in [2.24, 2.45) is 0 Å². The van der Waals surface area contributed by atoms with Gasteiger partial charge in [-0.2, -0.15) is 12.6 Å². The molecule has 88 valence electrons. The standard InChI is InChI=1S/C13H19NS2/c1-14(2)12(9-15)10-5-6-13-11(8-10)4-3-7-16-13/h5-6,8,12,15H,3-4,7,9H2,1-2H3. The molecule has 2 rings (SSSR count). The summed E-state index contributed by atoms with van der Waals surface area (Å²) in [5, 5.41) is 0. The van der Waals surface area contributed by atoms with Crippen molar-refractivity contribution < 1.29 is 0 Å². The van der Waals surface area contributed by atoms with Crippen LogP contribution in [0.2, 0.25) is 0 Å². The van der Waals surface area contributed by atoms with Gasteiger partial charge < -0.3 is 4.90 Å². The minimum Gasteiger partial charge on any atom is -0.302 e. The van der Waals surface area contributed by atoms with Gasteiger partial charge >= 0.3 is 0 Å². The number of hydrogen-bond acceptors (Lipinski definition) is 3. The number of thiol groups is 1. The molecule has 0 N–H and O–H groups in total. The summed E-state index contributed by atoms with van der Waals surface area (Å²) in [6, 6.07) is 7.36. The van der Waals surface area contributed by atoms with E-state index in [9.17, 15) is 0 Å². The Hall–Kier alpha value is -0.120. The molecule has 0 aliphatic carbocycles. The molecular weight excluding hydrogens is 234 g/mol. The molecule has 0 fully saturated rings. The van der Waals surface area contributed by atoms with E-state index in [0.717, 1.165) is 5.75 Å². The van der Waals surface area contributed by atoms with Crippen molar-refractivity contribution in [3.8, 4) is 0 Å². The van der Waals surface area contributed by atoms with Crippen LogP contribution < -0.4 is 0 Å². The van der Waals surface area contributed by atoms with E-state index in [2.05, 4.69) is 49.8 Å². The number of benzene rings is 1. The van der Waals surface area contributed by atoms with Crippen LogP contribution in [0.25, 0.3) is 0 Å².